The van der Waals surface area contributed by atoms with Gasteiger partial charge in [-0.15, -0.1) is 0 Å². The fourth-order valence-electron chi connectivity index (χ4n) is 2.31. The number of ether oxygens (including phenoxy) is 1. The highest BCUT2D eigenvalue weighted by Crippen LogP contribution is 2.25. The Labute approximate surface area is 143 Å². The molecule has 0 aliphatic rings. The van der Waals surface area contributed by atoms with Gasteiger partial charge in [0, 0.05) is 11.3 Å². The first-order chi connectivity index (χ1) is 11.4. The van der Waals surface area contributed by atoms with Gasteiger partial charge in [0.2, 0.25) is 0 Å². The Morgan fingerprint density at radius 2 is 1.79 bits per heavy atom. The van der Waals surface area contributed by atoms with E-state index in [9.17, 15) is 13.5 Å². The summed E-state index contributed by atoms with van der Waals surface area (Å²) in [5.41, 5.74) is 2.00. The van der Waals surface area contributed by atoms with E-state index in [0.29, 0.717) is 29.5 Å². The van der Waals surface area contributed by atoms with Gasteiger partial charge in [-0.2, -0.15) is 0 Å². The molecule has 0 heterocycles. The summed E-state index contributed by atoms with van der Waals surface area (Å²) in [6.07, 6.45) is 0. The summed E-state index contributed by atoms with van der Waals surface area (Å²) in [5, 5.41) is 9.41. The van der Waals surface area contributed by atoms with Crippen LogP contribution < -0.4 is 9.46 Å². The number of rotatable bonds is 7. The van der Waals surface area contributed by atoms with Crippen LogP contribution in [0.3, 0.4) is 0 Å². The Morgan fingerprint density at radius 3 is 2.33 bits per heavy atom. The molecule has 0 amide bonds. The van der Waals surface area contributed by atoms with Crippen molar-refractivity contribution in [2.24, 2.45) is 0 Å². The summed E-state index contributed by atoms with van der Waals surface area (Å²) in [4.78, 5) is 0.200. The molecule has 0 saturated carbocycles. The lowest BCUT2D eigenvalue weighted by atomic mass is 10.0. The Morgan fingerprint density at radius 1 is 1.12 bits per heavy atom. The minimum Gasteiger partial charge on any atom is -0.494 e. The fraction of sp³-hybridized carbons (Fsp3) is 0.333. The molecule has 0 bridgehead atoms. The highest BCUT2D eigenvalue weighted by atomic mass is 32.2. The van der Waals surface area contributed by atoms with Crippen LogP contribution in [0.1, 0.15) is 37.8 Å². The molecule has 0 atom stereocenters. The van der Waals surface area contributed by atoms with Gasteiger partial charge in [0.15, 0.2) is 0 Å². The highest BCUT2D eigenvalue weighted by molar-refractivity contribution is 7.92. The quantitative estimate of drug-likeness (QED) is 0.802. The maximum absolute atomic E-state index is 12.5. The van der Waals surface area contributed by atoms with E-state index in [1.54, 1.807) is 30.3 Å². The van der Waals surface area contributed by atoms with Crippen molar-refractivity contribution >= 4 is 15.7 Å². The molecule has 2 N–H and O–H groups in total. The van der Waals surface area contributed by atoms with Gasteiger partial charge in [-0.1, -0.05) is 26.0 Å². The third kappa shape index (κ3) is 4.27. The minimum atomic E-state index is -3.68. The molecule has 0 unspecified atom stereocenters. The van der Waals surface area contributed by atoms with Crippen molar-refractivity contribution < 1.29 is 18.3 Å². The molecule has 0 spiro atoms. The molecule has 0 aliphatic heterocycles. The molecule has 0 aromatic heterocycles. The normalized spacial score (nSPS) is 11.5. The number of hydrogen-bond acceptors (Lipinski definition) is 4. The van der Waals surface area contributed by atoms with Crippen LogP contribution in [0.4, 0.5) is 5.69 Å². The molecule has 0 saturated heterocycles. The summed E-state index contributed by atoms with van der Waals surface area (Å²) in [6, 6.07) is 11.7. The molecule has 0 fully saturated rings. The van der Waals surface area contributed by atoms with E-state index in [1.165, 1.54) is 0 Å². The number of benzene rings is 2. The molecule has 6 heteroatoms. The van der Waals surface area contributed by atoms with Gasteiger partial charge in [0.25, 0.3) is 10.0 Å². The molecule has 2 aromatic carbocycles. The van der Waals surface area contributed by atoms with Crippen molar-refractivity contribution in [3.8, 4) is 5.75 Å². The summed E-state index contributed by atoms with van der Waals surface area (Å²) in [7, 11) is -3.68. The van der Waals surface area contributed by atoms with Gasteiger partial charge in [-0.25, -0.2) is 8.42 Å². The molecule has 0 radical (unpaired) electrons. The number of sulfonamides is 1. The number of aliphatic hydroxyl groups is 1. The van der Waals surface area contributed by atoms with Crippen molar-refractivity contribution in [1.29, 1.82) is 0 Å². The Bertz CT molecular complexity index is 783. The van der Waals surface area contributed by atoms with E-state index in [2.05, 4.69) is 18.6 Å². The average Bonchev–Trinajstić information content (AvgIpc) is 2.56. The molecular weight excluding hydrogens is 326 g/mol. The zero-order valence-corrected chi connectivity index (χ0v) is 14.9. The van der Waals surface area contributed by atoms with E-state index in [4.69, 9.17) is 4.74 Å². The van der Waals surface area contributed by atoms with E-state index >= 15 is 0 Å². The van der Waals surface area contributed by atoms with Crippen LogP contribution in [0.5, 0.6) is 5.75 Å². The fourth-order valence-corrected chi connectivity index (χ4v) is 3.36. The Hall–Kier alpha value is -2.05. The monoisotopic (exact) mass is 349 g/mol. The van der Waals surface area contributed by atoms with Crippen LogP contribution in [-0.2, 0) is 16.6 Å². The number of anilines is 1. The first-order valence-electron chi connectivity index (χ1n) is 7.86. The zero-order valence-electron chi connectivity index (χ0n) is 14.1. The molecular formula is C18H23NO4S. The van der Waals surface area contributed by atoms with E-state index < -0.39 is 10.0 Å². The number of aliphatic hydroxyl groups excluding tert-OH is 1. The Kier molecular flexibility index (Phi) is 5.85. The molecule has 5 nitrogen and oxygen atoms in total. The molecule has 0 aliphatic carbocycles. The summed E-state index contributed by atoms with van der Waals surface area (Å²) in [6.45, 7) is 6.20. The predicted octanol–water partition coefficient (Wildman–Crippen LogP) is 3.50. The Balaban J connectivity index is 2.25. The smallest absolute Gasteiger partial charge is 0.261 e. The third-order valence-corrected chi connectivity index (χ3v) is 5.04. The maximum atomic E-state index is 12.5. The lowest BCUT2D eigenvalue weighted by Crippen LogP contribution is -2.13. The van der Waals surface area contributed by atoms with Gasteiger partial charge < -0.3 is 9.84 Å². The van der Waals surface area contributed by atoms with E-state index in [-0.39, 0.29) is 11.5 Å². The second kappa shape index (κ2) is 7.68. The van der Waals surface area contributed by atoms with Crippen molar-refractivity contribution in [2.45, 2.75) is 38.2 Å². The molecule has 2 aromatic rings. The van der Waals surface area contributed by atoms with Gasteiger partial charge in [-0.05, 0) is 48.7 Å². The molecule has 130 valence electrons. The predicted molar refractivity (Wildman–Crippen MR) is 94.9 cm³/mol. The molecule has 2 rings (SSSR count). The highest BCUT2D eigenvalue weighted by Gasteiger charge is 2.15. The van der Waals surface area contributed by atoms with Crippen molar-refractivity contribution in [1.82, 2.24) is 0 Å². The van der Waals surface area contributed by atoms with Crippen molar-refractivity contribution in [3.05, 3.63) is 53.6 Å². The number of hydrogen-bond donors (Lipinski definition) is 2. The molecule has 24 heavy (non-hydrogen) atoms. The number of nitrogens with one attached hydrogen (secondary N) is 1. The minimum absolute atomic E-state index is 0.200. The van der Waals surface area contributed by atoms with Crippen LogP contribution in [0, 0.1) is 0 Å². The van der Waals surface area contributed by atoms with Crippen molar-refractivity contribution in [2.75, 3.05) is 11.3 Å². The SMILES string of the molecule is CCOc1ccc(NS(=O)(=O)c2ccc(C(C)C)cc2)cc1CO. The topological polar surface area (TPSA) is 75.6 Å². The lowest BCUT2D eigenvalue weighted by Gasteiger charge is -2.13. The van der Waals surface area contributed by atoms with Gasteiger partial charge in [-0.3, -0.25) is 4.72 Å². The standard InChI is InChI=1S/C18H23NO4S/c1-4-23-18-10-7-16(11-15(18)12-20)19-24(21,22)17-8-5-14(6-9-17)13(2)3/h5-11,13,19-20H,4,12H2,1-3H3. The van der Waals surface area contributed by atoms with Crippen LogP contribution in [0.15, 0.2) is 47.4 Å². The average molecular weight is 349 g/mol. The lowest BCUT2D eigenvalue weighted by molar-refractivity contribution is 0.267. The second-order valence-corrected chi connectivity index (χ2v) is 7.43. The maximum Gasteiger partial charge on any atom is 0.261 e. The van der Waals surface area contributed by atoms with Crippen molar-refractivity contribution in [3.63, 3.8) is 0 Å². The first kappa shape index (κ1) is 18.3. The zero-order chi connectivity index (χ0) is 17.7. The second-order valence-electron chi connectivity index (χ2n) is 5.74. The summed E-state index contributed by atoms with van der Waals surface area (Å²) in [5.74, 6) is 0.886. The third-order valence-electron chi connectivity index (χ3n) is 3.64. The van der Waals surface area contributed by atoms with E-state index in [0.717, 1.165) is 5.56 Å². The largest absolute Gasteiger partial charge is 0.494 e. The van der Waals surface area contributed by atoms with Crippen LogP contribution >= 0.6 is 0 Å². The van der Waals surface area contributed by atoms with Crippen LogP contribution in [0.2, 0.25) is 0 Å². The van der Waals surface area contributed by atoms with Gasteiger partial charge in [0.05, 0.1) is 18.1 Å². The van der Waals surface area contributed by atoms with Gasteiger partial charge >= 0.3 is 0 Å². The van der Waals surface area contributed by atoms with Crippen LogP contribution in [0.25, 0.3) is 0 Å². The van der Waals surface area contributed by atoms with Crippen LogP contribution in [-0.4, -0.2) is 20.1 Å². The summed E-state index contributed by atoms with van der Waals surface area (Å²) >= 11 is 0. The first-order valence-corrected chi connectivity index (χ1v) is 9.35. The van der Waals surface area contributed by atoms with Gasteiger partial charge in [0.1, 0.15) is 5.75 Å². The van der Waals surface area contributed by atoms with E-state index in [1.807, 2.05) is 19.1 Å². The summed E-state index contributed by atoms with van der Waals surface area (Å²) < 4.78 is 32.9.